The Labute approximate surface area is 219 Å². The van der Waals surface area contributed by atoms with Gasteiger partial charge < -0.3 is 19.5 Å². The molecular formula is C26H28N4O6S. The minimum absolute atomic E-state index is 0.00158. The van der Waals surface area contributed by atoms with Crippen molar-refractivity contribution in [2.75, 3.05) is 25.3 Å². The molecule has 10 nitrogen and oxygen atoms in total. The quantitative estimate of drug-likeness (QED) is 0.223. The van der Waals surface area contributed by atoms with Gasteiger partial charge in [-0.3, -0.25) is 9.36 Å². The zero-order valence-corrected chi connectivity index (χ0v) is 21.8. The number of methoxy groups -OCH3 is 2. The molecule has 0 aliphatic heterocycles. The van der Waals surface area contributed by atoms with Gasteiger partial charge >= 0.3 is 11.9 Å². The van der Waals surface area contributed by atoms with Gasteiger partial charge in [0.25, 0.3) is 0 Å². The van der Waals surface area contributed by atoms with Crippen LogP contribution in [0.5, 0.6) is 5.75 Å². The summed E-state index contributed by atoms with van der Waals surface area (Å²) < 4.78 is 17.3. The molecule has 3 aromatic rings. The van der Waals surface area contributed by atoms with E-state index >= 15 is 0 Å². The van der Waals surface area contributed by atoms with Crippen LogP contribution in [0.2, 0.25) is 0 Å². The van der Waals surface area contributed by atoms with Crippen LogP contribution in [-0.4, -0.2) is 52.6 Å². The molecule has 0 aliphatic rings. The van der Waals surface area contributed by atoms with Gasteiger partial charge in [-0.1, -0.05) is 30.0 Å². The van der Waals surface area contributed by atoms with Crippen LogP contribution in [0.4, 0.5) is 5.69 Å². The maximum absolute atomic E-state index is 12.7. The van der Waals surface area contributed by atoms with Crippen molar-refractivity contribution >= 4 is 35.3 Å². The van der Waals surface area contributed by atoms with Gasteiger partial charge in [-0.05, 0) is 49.7 Å². The summed E-state index contributed by atoms with van der Waals surface area (Å²) in [7, 11) is 2.45. The van der Waals surface area contributed by atoms with Crippen molar-refractivity contribution in [1.82, 2.24) is 14.8 Å². The fourth-order valence-electron chi connectivity index (χ4n) is 3.45. The third-order valence-corrected chi connectivity index (χ3v) is 6.08. The summed E-state index contributed by atoms with van der Waals surface area (Å²) >= 11 is 1.18. The number of aromatic nitrogens is 3. The number of rotatable bonds is 11. The van der Waals surface area contributed by atoms with Crippen LogP contribution in [0.3, 0.4) is 0 Å². The predicted octanol–water partition coefficient (Wildman–Crippen LogP) is 4.22. The first-order valence-electron chi connectivity index (χ1n) is 11.3. The highest BCUT2D eigenvalue weighted by molar-refractivity contribution is 7.99. The molecule has 1 unspecified atom stereocenters. The second-order valence-corrected chi connectivity index (χ2v) is 8.88. The van der Waals surface area contributed by atoms with E-state index in [4.69, 9.17) is 14.2 Å². The van der Waals surface area contributed by atoms with Crippen LogP contribution >= 0.6 is 11.8 Å². The minimum atomic E-state index is -0.650. The second-order valence-electron chi connectivity index (χ2n) is 7.94. The van der Waals surface area contributed by atoms with E-state index in [0.717, 1.165) is 11.3 Å². The molecular weight excluding hydrogens is 496 g/mol. The number of esters is 2. The molecule has 0 bridgehead atoms. The summed E-state index contributed by atoms with van der Waals surface area (Å²) in [5, 5.41) is 11.7. The van der Waals surface area contributed by atoms with Gasteiger partial charge in [0.2, 0.25) is 5.91 Å². The third-order valence-electron chi connectivity index (χ3n) is 5.11. The molecule has 0 aliphatic carbocycles. The predicted molar refractivity (Wildman–Crippen MR) is 139 cm³/mol. The van der Waals surface area contributed by atoms with Crippen LogP contribution in [0.15, 0.2) is 60.3 Å². The smallest absolute Gasteiger partial charge is 0.337 e. The summed E-state index contributed by atoms with van der Waals surface area (Å²) in [6.07, 6.45) is 1.32. The number of hydrogen-bond donors (Lipinski definition) is 1. The van der Waals surface area contributed by atoms with E-state index in [9.17, 15) is 14.4 Å². The molecule has 1 amide bonds. The zero-order chi connectivity index (χ0) is 26.9. The maximum atomic E-state index is 12.7. The fraction of sp³-hybridized carbons (Fsp3) is 0.269. The highest BCUT2D eigenvalue weighted by atomic mass is 32.2. The highest BCUT2D eigenvalue weighted by Crippen LogP contribution is 2.25. The maximum Gasteiger partial charge on any atom is 0.337 e. The van der Waals surface area contributed by atoms with Crippen molar-refractivity contribution in [3.63, 3.8) is 0 Å². The Morgan fingerprint density at radius 2 is 1.76 bits per heavy atom. The van der Waals surface area contributed by atoms with Crippen LogP contribution in [0, 0.1) is 6.92 Å². The molecule has 37 heavy (non-hydrogen) atoms. The summed E-state index contributed by atoms with van der Waals surface area (Å²) in [6, 6.07) is 11.9. The number of aryl methyl sites for hydroxylation is 1. The number of thioether (sulfide) groups is 1. The lowest BCUT2D eigenvalue weighted by Crippen LogP contribution is -2.17. The Hall–Kier alpha value is -4.12. The number of carbonyl (C=O) groups excluding carboxylic acids is 3. The van der Waals surface area contributed by atoms with Gasteiger partial charge in [0, 0.05) is 12.2 Å². The summed E-state index contributed by atoms with van der Waals surface area (Å²) in [5.41, 5.74) is 1.54. The van der Waals surface area contributed by atoms with Gasteiger partial charge in [-0.15, -0.1) is 16.8 Å². The number of anilines is 1. The molecule has 0 spiro atoms. The molecule has 0 saturated heterocycles. The van der Waals surface area contributed by atoms with Gasteiger partial charge in [0.05, 0.1) is 31.1 Å². The van der Waals surface area contributed by atoms with Crippen LogP contribution in [0.25, 0.3) is 0 Å². The second kappa shape index (κ2) is 12.7. The van der Waals surface area contributed by atoms with E-state index in [1.165, 1.54) is 44.2 Å². The topological polar surface area (TPSA) is 122 Å². The Balaban J connectivity index is 1.72. The number of allylic oxidation sites excluding steroid dienone is 1. The van der Waals surface area contributed by atoms with Gasteiger partial charge in [-0.2, -0.15) is 0 Å². The minimum Gasteiger partial charge on any atom is -0.483 e. The zero-order valence-electron chi connectivity index (χ0n) is 21.0. The van der Waals surface area contributed by atoms with Crippen molar-refractivity contribution in [1.29, 1.82) is 0 Å². The number of hydrogen-bond acceptors (Lipinski definition) is 9. The molecule has 1 heterocycles. The van der Waals surface area contributed by atoms with Crippen LogP contribution in [0.1, 0.15) is 45.1 Å². The lowest BCUT2D eigenvalue weighted by atomic mass is 10.1. The molecule has 1 aromatic heterocycles. The molecule has 0 radical (unpaired) electrons. The fourth-order valence-corrected chi connectivity index (χ4v) is 4.21. The number of amides is 1. The number of ether oxygens (including phenoxy) is 3. The SMILES string of the molecule is C=CCn1c(SCC(=O)Nc2cc(C(=O)OC)cc(C(=O)OC)c2)nnc1C(C)Oc1cccc(C)c1. The molecule has 0 saturated carbocycles. The first-order chi connectivity index (χ1) is 17.7. The van der Waals surface area contributed by atoms with Crippen molar-refractivity contribution in [3.8, 4) is 5.75 Å². The Morgan fingerprint density at radius 3 is 2.35 bits per heavy atom. The molecule has 3 rings (SSSR count). The van der Waals surface area contributed by atoms with Crippen LogP contribution < -0.4 is 10.1 Å². The summed E-state index contributed by atoms with van der Waals surface area (Å²) in [4.78, 5) is 36.7. The average Bonchev–Trinajstić information content (AvgIpc) is 3.29. The highest BCUT2D eigenvalue weighted by Gasteiger charge is 2.20. The lowest BCUT2D eigenvalue weighted by Gasteiger charge is -2.16. The van der Waals surface area contributed by atoms with E-state index in [0.29, 0.717) is 17.5 Å². The lowest BCUT2D eigenvalue weighted by molar-refractivity contribution is -0.113. The Kier molecular flexibility index (Phi) is 9.45. The van der Waals surface area contributed by atoms with Crippen LogP contribution in [-0.2, 0) is 20.8 Å². The van der Waals surface area contributed by atoms with Crippen molar-refractivity contribution < 1.29 is 28.6 Å². The van der Waals surface area contributed by atoms with E-state index < -0.39 is 18.0 Å². The standard InChI is InChI=1S/C26H28N4O6S/c1-6-10-30-23(17(3)36-21-9-7-8-16(2)11-21)28-29-26(30)37-15-22(31)27-20-13-18(24(32)34-4)12-19(14-20)25(33)35-5/h6-9,11-14,17H,1,10,15H2,2-5H3,(H,27,31). The molecule has 194 valence electrons. The third kappa shape index (κ3) is 7.20. The Morgan fingerprint density at radius 1 is 1.08 bits per heavy atom. The van der Waals surface area contributed by atoms with E-state index in [2.05, 4.69) is 22.1 Å². The van der Waals surface area contributed by atoms with Crippen molar-refractivity contribution in [2.45, 2.75) is 31.7 Å². The van der Waals surface area contributed by atoms with E-state index in [-0.39, 0.29) is 28.5 Å². The normalized spacial score (nSPS) is 11.4. The number of carbonyl (C=O) groups is 3. The van der Waals surface area contributed by atoms with E-state index in [1.54, 1.807) is 6.08 Å². The number of nitrogens with one attached hydrogen (secondary N) is 1. The molecule has 2 aromatic carbocycles. The molecule has 1 N–H and O–H groups in total. The van der Waals surface area contributed by atoms with Gasteiger partial charge in [0.1, 0.15) is 5.75 Å². The number of nitrogens with zero attached hydrogens (tertiary/aromatic N) is 3. The van der Waals surface area contributed by atoms with E-state index in [1.807, 2.05) is 42.7 Å². The van der Waals surface area contributed by atoms with Gasteiger partial charge in [0.15, 0.2) is 17.1 Å². The molecule has 0 fully saturated rings. The summed E-state index contributed by atoms with van der Waals surface area (Å²) in [6.45, 7) is 8.09. The monoisotopic (exact) mass is 524 g/mol. The first-order valence-corrected chi connectivity index (χ1v) is 12.3. The average molecular weight is 525 g/mol. The molecule has 11 heteroatoms. The largest absolute Gasteiger partial charge is 0.483 e. The van der Waals surface area contributed by atoms with Crippen molar-refractivity contribution in [2.24, 2.45) is 0 Å². The number of benzene rings is 2. The molecule has 1 atom stereocenters. The van der Waals surface area contributed by atoms with Crippen molar-refractivity contribution in [3.05, 3.63) is 77.6 Å². The Bertz CT molecular complexity index is 1270. The summed E-state index contributed by atoms with van der Waals surface area (Å²) in [5.74, 6) is -0.363. The van der Waals surface area contributed by atoms with Gasteiger partial charge in [-0.25, -0.2) is 9.59 Å². The first kappa shape index (κ1) is 27.5.